The van der Waals surface area contributed by atoms with Crippen molar-refractivity contribution in [2.45, 2.75) is 13.8 Å². The molecule has 0 saturated carbocycles. The van der Waals surface area contributed by atoms with Gasteiger partial charge in [-0.1, -0.05) is 0 Å². The second kappa shape index (κ2) is 37.7. The van der Waals surface area contributed by atoms with Crippen LogP contribution >= 0.6 is 0 Å². The van der Waals surface area contributed by atoms with Crippen molar-refractivity contribution in [2.75, 3.05) is 0 Å². The Kier molecular flexibility index (Phi) is 37.8. The van der Waals surface area contributed by atoms with Gasteiger partial charge in [-0.05, 0) is 97.1 Å². The van der Waals surface area contributed by atoms with Crippen LogP contribution in [0.5, 0.6) is 0 Å². The maximum atomic E-state index is 9.75. The molecule has 0 aliphatic rings. The average Bonchev–Trinajstić information content (AvgIpc) is 3.23. The minimum atomic E-state index is -6.00. The predicted molar refractivity (Wildman–Crippen MR) is 221 cm³/mol. The van der Waals surface area contributed by atoms with E-state index in [2.05, 4.69) is 39.9 Å². The summed E-state index contributed by atoms with van der Waals surface area (Å²) >= 11 is 0. The molecular weight excluding hydrogens is 1130 g/mol. The average molecular weight is 1160 g/mol. The zero-order valence-corrected chi connectivity index (χ0v) is 37.6. The van der Waals surface area contributed by atoms with E-state index in [4.69, 9.17) is 10.5 Å². The van der Waals surface area contributed by atoms with E-state index in [-0.39, 0.29) is 39.0 Å². The second-order valence-corrected chi connectivity index (χ2v) is 10.6. The molecule has 0 bridgehead atoms. The van der Waals surface area contributed by atoms with Crippen LogP contribution in [0.25, 0.3) is 44.1 Å². The molecule has 0 fully saturated rings. The van der Waals surface area contributed by atoms with Gasteiger partial charge in [-0.3, -0.25) is 0 Å². The summed E-state index contributed by atoms with van der Waals surface area (Å²) in [5.74, 6) is 0. The molecule has 0 aliphatic carbocycles. The number of rotatable bonds is 0. The molecule has 8 rings (SSSR count). The van der Waals surface area contributed by atoms with E-state index in [1.54, 1.807) is 61.7 Å². The largest absolute Gasteiger partial charge is 2.00 e. The van der Waals surface area contributed by atoms with Crippen molar-refractivity contribution in [3.05, 3.63) is 147 Å². The molecule has 32 heteroatoms. The van der Waals surface area contributed by atoms with Gasteiger partial charge < -0.3 is 69.1 Å². The normalized spacial score (nSPS) is 9.65. The molecule has 0 amide bonds. The molecule has 0 aliphatic heterocycles. The maximum Gasteiger partial charge on any atom is 2.00 e. The number of halogens is 16. The van der Waals surface area contributed by atoms with E-state index in [1.165, 1.54) is 13.8 Å². The molecule has 0 aromatic carbocycles. The van der Waals surface area contributed by atoms with Gasteiger partial charge in [0.1, 0.15) is 0 Å². The number of pyridine rings is 8. The van der Waals surface area contributed by atoms with Gasteiger partial charge >= 0.3 is 68.0 Å². The van der Waals surface area contributed by atoms with Crippen LogP contribution in [0.1, 0.15) is 13.8 Å². The van der Waals surface area contributed by atoms with E-state index in [1.807, 2.05) is 97.1 Å². The summed E-state index contributed by atoms with van der Waals surface area (Å²) < 4.78 is 156. The molecule has 0 saturated heterocycles. The summed E-state index contributed by atoms with van der Waals surface area (Å²) in [5, 5.41) is 19.0. The first-order valence-electron chi connectivity index (χ1n) is 17.4. The summed E-state index contributed by atoms with van der Waals surface area (Å²) in [4.78, 5) is 32.6. The molecule has 0 unspecified atom stereocenters. The Morgan fingerprint density at radius 1 is 0.294 bits per heavy atom. The third kappa shape index (κ3) is 47.6. The minimum Gasteiger partial charge on any atom is -0.418 e. The molecular formula is C36H30B4F16N10Rh2. The van der Waals surface area contributed by atoms with E-state index < -0.39 is 29.0 Å². The zero-order valence-electron chi connectivity index (χ0n) is 34.4. The van der Waals surface area contributed by atoms with Crippen LogP contribution in [-0.2, 0) is 39.0 Å². The Hall–Kier alpha value is -6.39. The quantitative estimate of drug-likeness (QED) is 0.106. The molecule has 0 N–H and O–H groups in total. The first-order chi connectivity index (χ1) is 30.7. The Labute approximate surface area is 402 Å². The van der Waals surface area contributed by atoms with Gasteiger partial charge in [-0.2, -0.15) is 10.5 Å². The Morgan fingerprint density at radius 3 is 0.456 bits per heavy atom. The first-order valence-corrected chi connectivity index (χ1v) is 17.4. The Morgan fingerprint density at radius 2 is 0.382 bits per heavy atom. The van der Waals surface area contributed by atoms with Crippen LogP contribution in [0.15, 0.2) is 147 Å². The summed E-state index contributed by atoms with van der Waals surface area (Å²) in [6, 6.07) is 34.7. The molecule has 8 heterocycles. The summed E-state index contributed by atoms with van der Waals surface area (Å²) in [7, 11) is -24.0. The number of hydrogen-bond acceptors (Lipinski definition) is 10. The van der Waals surface area contributed by atoms with Crippen molar-refractivity contribution in [1.29, 1.82) is 10.5 Å². The van der Waals surface area contributed by atoms with Gasteiger partial charge in [0, 0.05) is 85.0 Å². The summed E-state index contributed by atoms with van der Waals surface area (Å²) in [6.45, 7) is 2.86. The van der Waals surface area contributed by atoms with E-state index in [0.29, 0.717) is 0 Å². The van der Waals surface area contributed by atoms with Crippen molar-refractivity contribution < 1.29 is 108 Å². The molecule has 2 radical (unpaired) electrons. The predicted octanol–water partition coefficient (Wildman–Crippen LogP) is 12.8. The number of nitrogens with zero attached hydrogens (tertiary/aromatic N) is 10. The van der Waals surface area contributed by atoms with Gasteiger partial charge in [-0.15, -0.1) is 0 Å². The van der Waals surface area contributed by atoms with Crippen molar-refractivity contribution >= 4 is 73.2 Å². The first kappa shape index (κ1) is 68.2. The van der Waals surface area contributed by atoms with Crippen LogP contribution in [0.2, 0.25) is 0 Å². The summed E-state index contributed by atoms with van der Waals surface area (Å²) in [5.41, 5.74) is 3.24. The molecule has 8 aromatic rings. The molecule has 68 heavy (non-hydrogen) atoms. The summed E-state index contributed by atoms with van der Waals surface area (Å²) in [6.07, 6.45) is 14.0. The fourth-order valence-electron chi connectivity index (χ4n) is 3.63. The monoisotopic (exact) mass is 1160 g/mol. The van der Waals surface area contributed by atoms with E-state index in [9.17, 15) is 69.1 Å². The molecule has 366 valence electrons. The van der Waals surface area contributed by atoms with Crippen molar-refractivity contribution in [3.8, 4) is 12.1 Å². The third-order valence-corrected chi connectivity index (χ3v) is 5.50. The standard InChI is InChI=1S/4C8H6N2.2C2H3N.4BF4.2Rh/c4*1-3-7-4-2-6-10-8(7)9-5-1;2*1-2-3;4*2-1(3,4)5;;/h4*1-6H;2*1H3;;;;;;/q;;;;;;4*-1;2*+2. The maximum absolute atomic E-state index is 9.75. The topological polar surface area (TPSA) is 151 Å². The second-order valence-electron chi connectivity index (χ2n) is 10.6. The van der Waals surface area contributed by atoms with Crippen molar-refractivity contribution in [1.82, 2.24) is 39.9 Å². The van der Waals surface area contributed by atoms with Gasteiger partial charge in [0.05, 0.1) is 12.1 Å². The Bertz CT molecular complexity index is 1980. The van der Waals surface area contributed by atoms with Crippen LogP contribution in [0.3, 0.4) is 0 Å². The fraction of sp³-hybridized carbons (Fsp3) is 0.0556. The van der Waals surface area contributed by atoms with Gasteiger partial charge in [0.15, 0.2) is 22.6 Å². The fourth-order valence-corrected chi connectivity index (χ4v) is 3.63. The number of nitriles is 2. The van der Waals surface area contributed by atoms with Crippen molar-refractivity contribution in [3.63, 3.8) is 0 Å². The smallest absolute Gasteiger partial charge is 0.418 e. The Balaban J connectivity index is -0.000000344. The minimum absolute atomic E-state index is 0. The van der Waals surface area contributed by atoms with Crippen LogP contribution in [0, 0.1) is 22.7 Å². The molecule has 0 spiro atoms. The molecule has 8 aromatic heterocycles. The SMILES string of the molecule is CC#N.CC#N.F[B-](F)(F)F.F[B-](F)(F)F.F[B-](F)(F)F.F[B-](F)(F)F.[Rh+2].[Rh+2].c1cnc2ncccc2c1.c1cnc2ncccc2c1.c1cnc2ncccc2c1.c1cnc2ncccc2c1. The van der Waals surface area contributed by atoms with E-state index in [0.717, 1.165) is 44.1 Å². The molecule has 10 nitrogen and oxygen atoms in total. The zero-order chi connectivity index (χ0) is 50.7. The van der Waals surface area contributed by atoms with Crippen LogP contribution in [0.4, 0.5) is 69.1 Å². The van der Waals surface area contributed by atoms with Gasteiger partial charge in [0.2, 0.25) is 0 Å². The van der Waals surface area contributed by atoms with Gasteiger partial charge in [-0.25, -0.2) is 39.9 Å². The number of fused-ring (bicyclic) bond motifs is 4. The molecule has 0 atom stereocenters. The third-order valence-electron chi connectivity index (χ3n) is 5.50. The van der Waals surface area contributed by atoms with Crippen molar-refractivity contribution in [2.24, 2.45) is 0 Å². The number of aromatic nitrogens is 8. The van der Waals surface area contributed by atoms with E-state index >= 15 is 0 Å². The number of hydrogen-bond donors (Lipinski definition) is 0. The van der Waals surface area contributed by atoms with Crippen LogP contribution < -0.4 is 0 Å². The van der Waals surface area contributed by atoms with Crippen LogP contribution in [-0.4, -0.2) is 68.9 Å². The van der Waals surface area contributed by atoms with Gasteiger partial charge in [0.25, 0.3) is 0 Å².